The maximum atomic E-state index is 12.7. The summed E-state index contributed by atoms with van der Waals surface area (Å²) in [6.07, 6.45) is 0. The minimum absolute atomic E-state index is 0.169. The number of ether oxygens (including phenoxy) is 1. The Bertz CT molecular complexity index is 1310. The van der Waals surface area contributed by atoms with Gasteiger partial charge in [-0.1, -0.05) is 69.1 Å². The molecule has 0 spiro atoms. The molecule has 0 saturated heterocycles. The summed E-state index contributed by atoms with van der Waals surface area (Å²) >= 11 is 17.4. The molecule has 1 amide bonds. The molecule has 3 aromatic carbocycles. The molecule has 4 aromatic rings. The molecule has 4 rings (SSSR count). The Morgan fingerprint density at radius 3 is 2.59 bits per heavy atom. The minimum atomic E-state index is -0.244. The van der Waals surface area contributed by atoms with E-state index in [1.807, 2.05) is 34.9 Å². The number of aromatic nitrogens is 3. The van der Waals surface area contributed by atoms with E-state index in [0.717, 1.165) is 15.7 Å². The molecule has 6 nitrogen and oxygen atoms in total. The normalized spacial score (nSPS) is 10.8. The van der Waals surface area contributed by atoms with Crippen molar-refractivity contribution in [2.24, 2.45) is 0 Å². The Hall–Kier alpha value is -2.52. The van der Waals surface area contributed by atoms with Crippen LogP contribution < -0.4 is 10.1 Å². The van der Waals surface area contributed by atoms with Crippen LogP contribution >= 0.6 is 50.9 Å². The van der Waals surface area contributed by atoms with Gasteiger partial charge in [-0.2, -0.15) is 0 Å². The number of nitrogens with one attached hydrogen (secondary N) is 1. The molecular formula is C24H19BrCl2N4O2S. The van der Waals surface area contributed by atoms with Crippen LogP contribution in [0, 0.1) is 0 Å². The zero-order valence-electron chi connectivity index (χ0n) is 18.0. The van der Waals surface area contributed by atoms with Crippen LogP contribution in [0.1, 0.15) is 21.7 Å². The van der Waals surface area contributed by atoms with Crippen LogP contribution in [0.2, 0.25) is 10.0 Å². The summed E-state index contributed by atoms with van der Waals surface area (Å²) in [5, 5.41) is 13.2. The fourth-order valence-corrected chi connectivity index (χ4v) is 4.63. The van der Waals surface area contributed by atoms with Gasteiger partial charge in [-0.25, -0.2) is 0 Å². The van der Waals surface area contributed by atoms with Crippen LogP contribution in [0.5, 0.6) is 5.75 Å². The second-order valence-electron chi connectivity index (χ2n) is 7.16. The van der Waals surface area contributed by atoms with Crippen molar-refractivity contribution in [1.29, 1.82) is 0 Å². The number of benzene rings is 3. The second-order valence-corrected chi connectivity index (χ2v) is 9.83. The van der Waals surface area contributed by atoms with Crippen molar-refractivity contribution in [3.63, 3.8) is 0 Å². The van der Waals surface area contributed by atoms with Gasteiger partial charge in [0.1, 0.15) is 5.75 Å². The van der Waals surface area contributed by atoms with E-state index in [-0.39, 0.29) is 12.5 Å². The van der Waals surface area contributed by atoms with Crippen molar-refractivity contribution in [3.05, 3.63) is 98.2 Å². The van der Waals surface area contributed by atoms with Crippen LogP contribution in [0.3, 0.4) is 0 Å². The summed E-state index contributed by atoms with van der Waals surface area (Å²) in [4.78, 5) is 12.7. The molecule has 0 radical (unpaired) electrons. The highest BCUT2D eigenvalue weighted by molar-refractivity contribution is 9.10. The number of carbonyl (C=O) groups is 1. The highest BCUT2D eigenvalue weighted by atomic mass is 79.9. The lowest BCUT2D eigenvalue weighted by molar-refractivity contribution is 0.0949. The van der Waals surface area contributed by atoms with Gasteiger partial charge >= 0.3 is 0 Å². The number of methoxy groups -OCH3 is 1. The SMILES string of the molecule is COc1cccc(C(=O)NCc2nnc(SCc3ccc(Br)cc3)n2-c2ccc(Cl)c(Cl)c2)c1. The van der Waals surface area contributed by atoms with Gasteiger partial charge < -0.3 is 10.1 Å². The zero-order valence-corrected chi connectivity index (χ0v) is 21.9. The number of thioether (sulfide) groups is 1. The predicted molar refractivity (Wildman–Crippen MR) is 139 cm³/mol. The molecule has 10 heteroatoms. The van der Waals surface area contributed by atoms with Gasteiger partial charge in [0.2, 0.25) is 0 Å². The van der Waals surface area contributed by atoms with Gasteiger partial charge in [0, 0.05) is 15.8 Å². The Labute approximate surface area is 219 Å². The average molecular weight is 578 g/mol. The van der Waals surface area contributed by atoms with Gasteiger partial charge in [-0.05, 0) is 54.1 Å². The predicted octanol–water partition coefficient (Wildman–Crippen LogP) is 6.57. The zero-order chi connectivity index (χ0) is 24.1. The minimum Gasteiger partial charge on any atom is -0.497 e. The molecule has 0 saturated carbocycles. The van der Waals surface area contributed by atoms with Crippen molar-refractivity contribution in [3.8, 4) is 11.4 Å². The van der Waals surface area contributed by atoms with E-state index in [1.165, 1.54) is 11.8 Å². The average Bonchev–Trinajstić information content (AvgIpc) is 3.26. The molecule has 0 aliphatic rings. The van der Waals surface area contributed by atoms with E-state index in [2.05, 4.69) is 31.4 Å². The molecule has 1 aromatic heterocycles. The van der Waals surface area contributed by atoms with Crippen LogP contribution in [-0.4, -0.2) is 27.8 Å². The van der Waals surface area contributed by atoms with Crippen molar-refractivity contribution >= 4 is 56.8 Å². The molecule has 0 bridgehead atoms. The lowest BCUT2D eigenvalue weighted by atomic mass is 10.2. The van der Waals surface area contributed by atoms with Gasteiger partial charge in [-0.3, -0.25) is 9.36 Å². The molecule has 0 aliphatic heterocycles. The first-order chi connectivity index (χ1) is 16.4. The summed E-state index contributed by atoms with van der Waals surface area (Å²) in [5.41, 5.74) is 2.39. The van der Waals surface area contributed by atoms with Crippen LogP contribution in [0.15, 0.2) is 76.4 Å². The molecule has 0 atom stereocenters. The number of hydrogen-bond donors (Lipinski definition) is 1. The number of rotatable bonds is 8. The second kappa shape index (κ2) is 11.3. The summed E-state index contributed by atoms with van der Waals surface area (Å²) in [6, 6.07) is 20.4. The van der Waals surface area contributed by atoms with Gasteiger partial charge in [0.05, 0.1) is 29.4 Å². The van der Waals surface area contributed by atoms with E-state index < -0.39 is 0 Å². The summed E-state index contributed by atoms with van der Waals surface area (Å²) in [7, 11) is 1.56. The Morgan fingerprint density at radius 1 is 1.06 bits per heavy atom. The molecular weight excluding hydrogens is 559 g/mol. The third-order valence-electron chi connectivity index (χ3n) is 4.88. The van der Waals surface area contributed by atoms with Crippen molar-refractivity contribution in [1.82, 2.24) is 20.1 Å². The molecule has 1 N–H and O–H groups in total. The summed E-state index contributed by atoms with van der Waals surface area (Å²) < 4.78 is 8.10. The first-order valence-electron chi connectivity index (χ1n) is 10.1. The molecule has 174 valence electrons. The van der Waals surface area contributed by atoms with Gasteiger partial charge in [0.15, 0.2) is 11.0 Å². The van der Waals surface area contributed by atoms with Crippen LogP contribution in [0.4, 0.5) is 0 Å². The van der Waals surface area contributed by atoms with Crippen molar-refractivity contribution < 1.29 is 9.53 Å². The van der Waals surface area contributed by atoms with Gasteiger partial charge in [-0.15, -0.1) is 10.2 Å². The summed E-state index contributed by atoms with van der Waals surface area (Å²) in [5.74, 6) is 1.63. The number of amides is 1. The number of halogens is 3. The van der Waals surface area contributed by atoms with Crippen molar-refractivity contribution in [2.75, 3.05) is 7.11 Å². The van der Waals surface area contributed by atoms with Crippen LogP contribution in [-0.2, 0) is 12.3 Å². The number of hydrogen-bond acceptors (Lipinski definition) is 5. The summed E-state index contributed by atoms with van der Waals surface area (Å²) in [6.45, 7) is 0.169. The largest absolute Gasteiger partial charge is 0.497 e. The van der Waals surface area contributed by atoms with Crippen LogP contribution in [0.25, 0.3) is 5.69 Å². The first kappa shape index (κ1) is 24.6. The fourth-order valence-electron chi connectivity index (χ4n) is 3.15. The maximum Gasteiger partial charge on any atom is 0.251 e. The van der Waals surface area contributed by atoms with E-state index >= 15 is 0 Å². The lowest BCUT2D eigenvalue weighted by Crippen LogP contribution is -2.24. The quantitative estimate of drug-likeness (QED) is 0.240. The number of nitrogens with zero attached hydrogens (tertiary/aromatic N) is 3. The molecule has 1 heterocycles. The Kier molecular flexibility index (Phi) is 8.15. The topological polar surface area (TPSA) is 69.0 Å². The molecule has 0 aliphatic carbocycles. The smallest absolute Gasteiger partial charge is 0.251 e. The third-order valence-corrected chi connectivity index (χ3v) is 7.15. The fraction of sp³-hybridized carbons (Fsp3) is 0.125. The molecule has 34 heavy (non-hydrogen) atoms. The van der Waals surface area contributed by atoms with E-state index in [4.69, 9.17) is 27.9 Å². The Balaban J connectivity index is 1.58. The Morgan fingerprint density at radius 2 is 1.85 bits per heavy atom. The van der Waals surface area contributed by atoms with Crippen molar-refractivity contribution in [2.45, 2.75) is 17.5 Å². The third kappa shape index (κ3) is 5.93. The first-order valence-corrected chi connectivity index (χ1v) is 12.7. The van der Waals surface area contributed by atoms with Gasteiger partial charge in [0.25, 0.3) is 5.91 Å². The lowest BCUT2D eigenvalue weighted by Gasteiger charge is -2.12. The standard InChI is InChI=1S/C24H19BrCl2N4O2S/c1-33-19-4-2-3-16(11-19)23(32)28-13-22-29-30-24(34-14-15-5-7-17(25)8-6-15)31(22)18-9-10-20(26)21(27)12-18/h2-12H,13-14H2,1H3,(H,28,32). The van der Waals surface area contributed by atoms with E-state index in [1.54, 1.807) is 43.5 Å². The molecule has 0 unspecified atom stereocenters. The highest BCUT2D eigenvalue weighted by Crippen LogP contribution is 2.29. The number of carbonyl (C=O) groups excluding carboxylic acids is 1. The monoisotopic (exact) mass is 576 g/mol. The van der Waals surface area contributed by atoms with E-state index in [0.29, 0.717) is 38.1 Å². The molecule has 0 fully saturated rings. The van der Waals surface area contributed by atoms with E-state index in [9.17, 15) is 4.79 Å². The highest BCUT2D eigenvalue weighted by Gasteiger charge is 2.17. The maximum absolute atomic E-state index is 12.7.